The summed E-state index contributed by atoms with van der Waals surface area (Å²) < 4.78 is 66.9. The van der Waals surface area contributed by atoms with Crippen LogP contribution in [0, 0.1) is 0 Å². The van der Waals surface area contributed by atoms with Crippen molar-refractivity contribution in [3.63, 3.8) is 0 Å². The third kappa shape index (κ3) is 6.30. The molecule has 1 N–H and O–H groups in total. The lowest BCUT2D eigenvalue weighted by Gasteiger charge is -2.37. The van der Waals surface area contributed by atoms with Gasteiger partial charge >= 0.3 is 6.18 Å². The topological polar surface area (TPSA) is 65.5 Å². The number of hydrogen-bond donors (Lipinski definition) is 1. The van der Waals surface area contributed by atoms with Crippen LogP contribution in [0.2, 0.25) is 5.02 Å². The van der Waals surface area contributed by atoms with Crippen LogP contribution in [0.1, 0.15) is 31.9 Å². The molecule has 6 nitrogen and oxygen atoms in total. The van der Waals surface area contributed by atoms with E-state index in [1.54, 1.807) is 24.3 Å². The molecule has 198 valence electrons. The Bertz CT molecular complexity index is 1350. The monoisotopic (exact) mass is 552 g/mol. The van der Waals surface area contributed by atoms with E-state index in [-0.39, 0.29) is 15.3 Å². The number of aromatic nitrogens is 1. The highest BCUT2D eigenvalue weighted by molar-refractivity contribution is 7.92. The molecule has 4 rings (SSSR count). The number of nitrogens with one attached hydrogen (secondary N) is 1. The highest BCUT2D eigenvalue weighted by Crippen LogP contribution is 2.34. The molecule has 1 saturated heterocycles. The molecule has 2 heterocycles. The van der Waals surface area contributed by atoms with Crippen LogP contribution < -0.4 is 14.5 Å². The van der Waals surface area contributed by atoms with Crippen LogP contribution in [-0.2, 0) is 21.6 Å². The fraction of sp³-hybridized carbons (Fsp3) is 0.346. The zero-order chi connectivity index (χ0) is 27.0. The molecule has 1 aromatic heterocycles. The smallest absolute Gasteiger partial charge is 0.368 e. The minimum absolute atomic E-state index is 0.0343. The van der Waals surface area contributed by atoms with Crippen molar-refractivity contribution in [2.75, 3.05) is 40.7 Å². The van der Waals surface area contributed by atoms with E-state index in [0.717, 1.165) is 23.5 Å². The second-order valence-corrected chi connectivity index (χ2v) is 12.0. The van der Waals surface area contributed by atoms with Gasteiger partial charge in [0.1, 0.15) is 5.82 Å². The molecular weight excluding hydrogens is 525 g/mol. The number of benzene rings is 2. The summed E-state index contributed by atoms with van der Waals surface area (Å²) in [7, 11) is -3.73. The first-order chi connectivity index (χ1) is 17.2. The van der Waals surface area contributed by atoms with E-state index >= 15 is 0 Å². The van der Waals surface area contributed by atoms with Gasteiger partial charge in [0.25, 0.3) is 10.0 Å². The summed E-state index contributed by atoms with van der Waals surface area (Å²) >= 11 is 6.09. The third-order valence-corrected chi connectivity index (χ3v) is 7.92. The number of pyridine rings is 1. The fourth-order valence-electron chi connectivity index (χ4n) is 4.08. The summed E-state index contributed by atoms with van der Waals surface area (Å²) in [5.41, 5.74) is 1.45. The lowest BCUT2D eigenvalue weighted by Crippen LogP contribution is -2.47. The highest BCUT2D eigenvalue weighted by atomic mass is 35.5. The van der Waals surface area contributed by atoms with Gasteiger partial charge in [-0.3, -0.25) is 4.72 Å². The van der Waals surface area contributed by atoms with Crippen LogP contribution in [0.3, 0.4) is 0 Å². The Morgan fingerprint density at radius 1 is 0.865 bits per heavy atom. The number of halogens is 4. The molecule has 1 fully saturated rings. The maximum Gasteiger partial charge on any atom is 0.417 e. The summed E-state index contributed by atoms with van der Waals surface area (Å²) in [5, 5.41) is -0.0343. The zero-order valence-corrected chi connectivity index (χ0v) is 22.3. The fourth-order valence-corrected chi connectivity index (χ4v) is 5.43. The number of rotatable bonds is 5. The number of nitrogens with zero attached hydrogens (tertiary/aromatic N) is 3. The second-order valence-electron chi connectivity index (χ2n) is 9.93. The molecule has 2 aromatic carbocycles. The second kappa shape index (κ2) is 10.1. The van der Waals surface area contributed by atoms with Crippen LogP contribution in [-0.4, -0.2) is 39.6 Å². The van der Waals surface area contributed by atoms with Crippen molar-refractivity contribution in [2.45, 2.75) is 37.3 Å². The third-order valence-electron chi connectivity index (χ3n) is 6.24. The molecule has 0 spiro atoms. The van der Waals surface area contributed by atoms with Crippen molar-refractivity contribution in [1.82, 2.24) is 4.98 Å². The van der Waals surface area contributed by atoms with Crippen molar-refractivity contribution >= 4 is 38.8 Å². The van der Waals surface area contributed by atoms with Crippen LogP contribution in [0.25, 0.3) is 0 Å². The molecule has 3 aromatic rings. The predicted octanol–water partition coefficient (Wildman–Crippen LogP) is 6.18. The van der Waals surface area contributed by atoms with E-state index in [1.807, 2.05) is 29.2 Å². The Morgan fingerprint density at radius 2 is 1.43 bits per heavy atom. The van der Waals surface area contributed by atoms with Crippen molar-refractivity contribution in [3.05, 3.63) is 76.9 Å². The number of hydrogen-bond acceptors (Lipinski definition) is 5. The molecule has 1 aliphatic heterocycles. The predicted molar refractivity (Wildman–Crippen MR) is 141 cm³/mol. The Labute approximate surface area is 220 Å². The Kier molecular flexibility index (Phi) is 7.36. The van der Waals surface area contributed by atoms with Gasteiger partial charge in [0, 0.05) is 43.8 Å². The van der Waals surface area contributed by atoms with Crippen LogP contribution in [0.5, 0.6) is 0 Å². The Hall–Kier alpha value is -2.98. The van der Waals surface area contributed by atoms with Crippen LogP contribution in [0.15, 0.2) is 65.7 Å². The van der Waals surface area contributed by atoms with E-state index in [9.17, 15) is 21.6 Å². The molecule has 0 bridgehead atoms. The van der Waals surface area contributed by atoms with E-state index < -0.39 is 21.8 Å². The maximum atomic E-state index is 12.9. The first kappa shape index (κ1) is 27.1. The summed E-state index contributed by atoms with van der Waals surface area (Å²) in [4.78, 5) is 8.10. The minimum Gasteiger partial charge on any atom is -0.368 e. The molecule has 11 heteroatoms. The first-order valence-corrected chi connectivity index (χ1v) is 13.6. The van der Waals surface area contributed by atoms with Gasteiger partial charge in [0.05, 0.1) is 15.5 Å². The Balaban J connectivity index is 1.38. The lowest BCUT2D eigenvalue weighted by atomic mass is 9.87. The van der Waals surface area contributed by atoms with Crippen molar-refractivity contribution in [2.24, 2.45) is 0 Å². The number of alkyl halides is 3. The number of sulfonamides is 1. The molecule has 0 saturated carbocycles. The van der Waals surface area contributed by atoms with Crippen LogP contribution >= 0.6 is 11.6 Å². The SMILES string of the molecule is CC(C)(C)c1ccc(S(=O)(=O)Nc2ccc(N3CCN(c4ncc(C(F)(F)F)cc4Cl)CC3)cc2)cc1. The molecule has 0 amide bonds. The first-order valence-electron chi connectivity index (χ1n) is 11.7. The molecule has 37 heavy (non-hydrogen) atoms. The van der Waals surface area contributed by atoms with Gasteiger partial charge < -0.3 is 9.80 Å². The van der Waals surface area contributed by atoms with Gasteiger partial charge in [-0.25, -0.2) is 13.4 Å². The summed E-state index contributed by atoms with van der Waals surface area (Å²) in [5.74, 6) is 0.328. The van der Waals surface area contributed by atoms with Gasteiger partial charge in [0.2, 0.25) is 0 Å². The van der Waals surface area contributed by atoms with Crippen molar-refractivity contribution in [3.8, 4) is 0 Å². The van der Waals surface area contributed by atoms with Gasteiger partial charge in [-0.15, -0.1) is 0 Å². The average molecular weight is 553 g/mol. The van der Waals surface area contributed by atoms with Gasteiger partial charge in [0.15, 0.2) is 0 Å². The normalized spacial score (nSPS) is 15.1. The van der Waals surface area contributed by atoms with Gasteiger partial charge in [-0.1, -0.05) is 44.5 Å². The Morgan fingerprint density at radius 3 is 1.95 bits per heavy atom. The lowest BCUT2D eigenvalue weighted by molar-refractivity contribution is -0.137. The maximum absolute atomic E-state index is 12.9. The molecule has 0 aliphatic carbocycles. The van der Waals surface area contributed by atoms with Crippen molar-refractivity contribution in [1.29, 1.82) is 0 Å². The standard InChI is InChI=1S/C26H28ClF3N4O2S/c1-25(2,3)18-4-10-22(11-5-18)37(35,36)32-20-6-8-21(9-7-20)33-12-14-34(15-13-33)24-23(27)16-19(17-31-24)26(28,29)30/h4-11,16-17,32H,12-15H2,1-3H3. The van der Waals surface area contributed by atoms with E-state index in [0.29, 0.717) is 37.7 Å². The van der Waals surface area contributed by atoms with Gasteiger partial charge in [-0.2, -0.15) is 13.2 Å². The van der Waals surface area contributed by atoms with E-state index in [1.165, 1.54) is 0 Å². The molecule has 0 unspecified atom stereocenters. The molecule has 0 atom stereocenters. The number of anilines is 3. The van der Waals surface area contributed by atoms with E-state index in [2.05, 4.69) is 35.4 Å². The molecule has 0 radical (unpaired) electrons. The largest absolute Gasteiger partial charge is 0.417 e. The minimum atomic E-state index is -4.49. The quantitative estimate of drug-likeness (QED) is 0.409. The number of piperazine rings is 1. The average Bonchev–Trinajstić information content (AvgIpc) is 2.83. The summed E-state index contributed by atoms with van der Waals surface area (Å²) in [6, 6.07) is 14.8. The van der Waals surface area contributed by atoms with Gasteiger partial charge in [-0.05, 0) is 53.4 Å². The van der Waals surface area contributed by atoms with Crippen LogP contribution in [0.4, 0.5) is 30.4 Å². The summed E-state index contributed by atoms with van der Waals surface area (Å²) in [6.45, 7) is 8.45. The van der Waals surface area contributed by atoms with Crippen molar-refractivity contribution < 1.29 is 21.6 Å². The summed E-state index contributed by atoms with van der Waals surface area (Å²) in [6.07, 6.45) is -3.70. The zero-order valence-electron chi connectivity index (χ0n) is 20.7. The molecular formula is C26H28ClF3N4O2S. The highest BCUT2D eigenvalue weighted by Gasteiger charge is 2.32. The van der Waals surface area contributed by atoms with E-state index in [4.69, 9.17) is 11.6 Å². The molecule has 1 aliphatic rings.